The maximum atomic E-state index is 11.3. The monoisotopic (exact) mass is 172 g/mol. The first kappa shape index (κ1) is 11.4. The Morgan fingerprint density at radius 2 is 2.00 bits per heavy atom. The van der Waals surface area contributed by atoms with Gasteiger partial charge in [0.1, 0.15) is 0 Å². The van der Waals surface area contributed by atoms with Gasteiger partial charge in [0.05, 0.1) is 0 Å². The molecule has 0 fully saturated rings. The van der Waals surface area contributed by atoms with Crippen molar-refractivity contribution in [2.24, 2.45) is 11.7 Å². The molecule has 0 aliphatic heterocycles. The molecule has 0 aliphatic carbocycles. The summed E-state index contributed by atoms with van der Waals surface area (Å²) in [6.45, 7) is 5.43. The van der Waals surface area contributed by atoms with E-state index in [0.29, 0.717) is 13.1 Å². The number of carbonyl (C=O) groups excluding carboxylic acids is 1. The lowest BCUT2D eigenvalue weighted by molar-refractivity contribution is -0.125. The number of hydrogen-bond donors (Lipinski definition) is 2. The molecule has 0 radical (unpaired) electrons. The molecule has 0 bridgehead atoms. The molecule has 1 amide bonds. The second-order valence-electron chi connectivity index (χ2n) is 2.95. The fourth-order valence-electron chi connectivity index (χ4n) is 1.12. The molecule has 72 valence electrons. The normalized spacial score (nSPS) is 10.3. The van der Waals surface area contributed by atoms with E-state index >= 15 is 0 Å². The maximum absolute atomic E-state index is 11.3. The molecule has 0 atom stereocenters. The highest BCUT2D eigenvalue weighted by Crippen LogP contribution is 2.06. The van der Waals surface area contributed by atoms with Crippen LogP contribution in [0, 0.1) is 5.92 Å². The van der Waals surface area contributed by atoms with Crippen molar-refractivity contribution in [3.63, 3.8) is 0 Å². The first-order chi connectivity index (χ1) is 5.76. The molecule has 0 spiro atoms. The van der Waals surface area contributed by atoms with Crippen LogP contribution in [0.25, 0.3) is 0 Å². The van der Waals surface area contributed by atoms with Gasteiger partial charge in [-0.1, -0.05) is 13.8 Å². The Balaban J connectivity index is 3.54. The van der Waals surface area contributed by atoms with Gasteiger partial charge in [0.25, 0.3) is 0 Å². The smallest absolute Gasteiger partial charge is 0.223 e. The minimum absolute atomic E-state index is 0.174. The Hall–Kier alpha value is -0.570. The van der Waals surface area contributed by atoms with Crippen molar-refractivity contribution in [3.05, 3.63) is 0 Å². The van der Waals surface area contributed by atoms with Crippen molar-refractivity contribution in [2.45, 2.75) is 33.1 Å². The van der Waals surface area contributed by atoms with E-state index < -0.39 is 0 Å². The molecule has 3 heteroatoms. The van der Waals surface area contributed by atoms with E-state index in [9.17, 15) is 4.79 Å². The van der Waals surface area contributed by atoms with Crippen LogP contribution in [0.5, 0.6) is 0 Å². The second-order valence-corrected chi connectivity index (χ2v) is 2.95. The van der Waals surface area contributed by atoms with Gasteiger partial charge in [0.2, 0.25) is 5.91 Å². The summed E-state index contributed by atoms with van der Waals surface area (Å²) in [5.74, 6) is 0.358. The molecule has 0 rings (SSSR count). The van der Waals surface area contributed by atoms with Crippen LogP contribution in [-0.4, -0.2) is 19.0 Å². The van der Waals surface area contributed by atoms with E-state index in [0.717, 1.165) is 19.3 Å². The standard InChI is InChI=1S/C9H20N2O/c1-3-8(4-2)9(12)11-7-5-6-10/h8H,3-7,10H2,1-2H3,(H,11,12). The minimum atomic E-state index is 0.174. The lowest BCUT2D eigenvalue weighted by Crippen LogP contribution is -2.31. The largest absolute Gasteiger partial charge is 0.356 e. The van der Waals surface area contributed by atoms with Crippen LogP contribution in [0.4, 0.5) is 0 Å². The average Bonchev–Trinajstić information content (AvgIpc) is 2.07. The van der Waals surface area contributed by atoms with Crippen LogP contribution in [0.1, 0.15) is 33.1 Å². The summed E-state index contributed by atoms with van der Waals surface area (Å²) < 4.78 is 0. The van der Waals surface area contributed by atoms with Gasteiger partial charge in [0.15, 0.2) is 0 Å². The third kappa shape index (κ3) is 4.34. The second kappa shape index (κ2) is 7.10. The summed E-state index contributed by atoms with van der Waals surface area (Å²) in [7, 11) is 0. The highest BCUT2D eigenvalue weighted by atomic mass is 16.1. The topological polar surface area (TPSA) is 55.1 Å². The Labute approximate surface area is 74.7 Å². The Bertz CT molecular complexity index is 122. The number of nitrogens with two attached hydrogens (primary N) is 1. The molecule has 0 saturated heterocycles. The average molecular weight is 172 g/mol. The number of rotatable bonds is 6. The van der Waals surface area contributed by atoms with E-state index in [-0.39, 0.29) is 11.8 Å². The number of amides is 1. The van der Waals surface area contributed by atoms with Crippen molar-refractivity contribution >= 4 is 5.91 Å². The van der Waals surface area contributed by atoms with E-state index in [2.05, 4.69) is 5.32 Å². The maximum Gasteiger partial charge on any atom is 0.223 e. The Morgan fingerprint density at radius 3 is 2.42 bits per heavy atom. The summed E-state index contributed by atoms with van der Waals surface area (Å²) in [5.41, 5.74) is 5.30. The van der Waals surface area contributed by atoms with Crippen LogP contribution in [-0.2, 0) is 4.79 Å². The summed E-state index contributed by atoms with van der Waals surface area (Å²) in [6, 6.07) is 0. The molecule has 0 aromatic heterocycles. The molecule has 12 heavy (non-hydrogen) atoms. The molecule has 0 unspecified atom stereocenters. The Kier molecular flexibility index (Phi) is 6.76. The van der Waals surface area contributed by atoms with Crippen molar-refractivity contribution in [3.8, 4) is 0 Å². The van der Waals surface area contributed by atoms with Crippen LogP contribution >= 0.6 is 0 Å². The third-order valence-corrected chi connectivity index (χ3v) is 2.04. The number of carbonyl (C=O) groups is 1. The number of hydrogen-bond acceptors (Lipinski definition) is 2. The van der Waals surface area contributed by atoms with Crippen molar-refractivity contribution < 1.29 is 4.79 Å². The molecule has 0 aliphatic rings. The molecule has 3 nitrogen and oxygen atoms in total. The molecule has 0 heterocycles. The zero-order valence-corrected chi connectivity index (χ0v) is 8.10. The summed E-state index contributed by atoms with van der Waals surface area (Å²) in [5, 5.41) is 2.87. The zero-order valence-electron chi connectivity index (χ0n) is 8.10. The van der Waals surface area contributed by atoms with Crippen molar-refractivity contribution in [2.75, 3.05) is 13.1 Å². The lowest BCUT2D eigenvalue weighted by Gasteiger charge is -2.11. The van der Waals surface area contributed by atoms with Gasteiger partial charge >= 0.3 is 0 Å². The highest BCUT2D eigenvalue weighted by molar-refractivity contribution is 5.78. The summed E-state index contributed by atoms with van der Waals surface area (Å²) in [4.78, 5) is 11.3. The molecule has 0 aromatic rings. The molecule has 0 saturated carbocycles. The number of nitrogens with one attached hydrogen (secondary N) is 1. The van der Waals surface area contributed by atoms with E-state index in [1.165, 1.54) is 0 Å². The van der Waals surface area contributed by atoms with Crippen LogP contribution in [0.15, 0.2) is 0 Å². The summed E-state index contributed by atoms with van der Waals surface area (Å²) in [6.07, 6.45) is 2.71. The predicted molar refractivity (Wildman–Crippen MR) is 50.8 cm³/mol. The van der Waals surface area contributed by atoms with Gasteiger partial charge < -0.3 is 11.1 Å². The van der Waals surface area contributed by atoms with E-state index in [4.69, 9.17) is 5.73 Å². The van der Waals surface area contributed by atoms with E-state index in [1.807, 2.05) is 13.8 Å². The van der Waals surface area contributed by atoms with Crippen LogP contribution in [0.2, 0.25) is 0 Å². The predicted octanol–water partition coefficient (Wildman–Crippen LogP) is 0.888. The summed E-state index contributed by atoms with van der Waals surface area (Å²) >= 11 is 0. The molecular weight excluding hydrogens is 152 g/mol. The van der Waals surface area contributed by atoms with E-state index in [1.54, 1.807) is 0 Å². The van der Waals surface area contributed by atoms with Gasteiger partial charge in [-0.25, -0.2) is 0 Å². The highest BCUT2D eigenvalue weighted by Gasteiger charge is 2.12. The van der Waals surface area contributed by atoms with Gasteiger partial charge in [-0.2, -0.15) is 0 Å². The third-order valence-electron chi connectivity index (χ3n) is 2.04. The fourth-order valence-corrected chi connectivity index (χ4v) is 1.12. The SMILES string of the molecule is CCC(CC)C(=O)NCCCN. The van der Waals surface area contributed by atoms with Gasteiger partial charge in [-0.05, 0) is 25.8 Å². The lowest BCUT2D eigenvalue weighted by atomic mass is 10.0. The van der Waals surface area contributed by atoms with Gasteiger partial charge in [0, 0.05) is 12.5 Å². The minimum Gasteiger partial charge on any atom is -0.356 e. The van der Waals surface area contributed by atoms with Crippen molar-refractivity contribution in [1.82, 2.24) is 5.32 Å². The van der Waals surface area contributed by atoms with Gasteiger partial charge in [-0.15, -0.1) is 0 Å². The molecular formula is C9H20N2O. The van der Waals surface area contributed by atoms with Gasteiger partial charge in [-0.3, -0.25) is 4.79 Å². The van der Waals surface area contributed by atoms with Crippen LogP contribution in [0.3, 0.4) is 0 Å². The Morgan fingerprint density at radius 1 is 1.42 bits per heavy atom. The first-order valence-electron chi connectivity index (χ1n) is 4.74. The zero-order chi connectivity index (χ0) is 9.40. The fraction of sp³-hybridized carbons (Fsp3) is 0.889. The first-order valence-corrected chi connectivity index (χ1v) is 4.74. The quantitative estimate of drug-likeness (QED) is 0.584. The van der Waals surface area contributed by atoms with Crippen molar-refractivity contribution in [1.29, 1.82) is 0 Å². The van der Waals surface area contributed by atoms with Crippen LogP contribution < -0.4 is 11.1 Å². The molecule has 3 N–H and O–H groups in total. The molecule has 0 aromatic carbocycles.